The molecule has 0 aliphatic rings. The van der Waals surface area contributed by atoms with Crippen molar-refractivity contribution in [2.75, 3.05) is 0 Å². The number of benzene rings is 2. The fourth-order valence-corrected chi connectivity index (χ4v) is 2.36. The molecule has 0 unspecified atom stereocenters. The first-order valence-electron chi connectivity index (χ1n) is 6.43. The van der Waals surface area contributed by atoms with Crippen molar-refractivity contribution in [2.45, 2.75) is 0 Å². The number of carbonyl (C=O) groups excluding carboxylic acids is 1. The standard InChI is InChI=1S/C16H11BrN2O3/c17-11-7-15(22-9-11)16(21)19-18-8-13-12-4-2-1-3-10(12)5-6-14(13)20/h1-9,20H,(H,19,21)/b18-8+. The lowest BCUT2D eigenvalue weighted by Crippen LogP contribution is -2.16. The van der Waals surface area contributed by atoms with E-state index in [1.807, 2.05) is 30.3 Å². The summed E-state index contributed by atoms with van der Waals surface area (Å²) in [6.07, 6.45) is 2.82. The molecule has 0 bridgehead atoms. The smallest absolute Gasteiger partial charge is 0.307 e. The van der Waals surface area contributed by atoms with Crippen molar-refractivity contribution >= 4 is 38.8 Å². The van der Waals surface area contributed by atoms with Gasteiger partial charge >= 0.3 is 5.91 Å². The molecule has 3 aromatic rings. The summed E-state index contributed by atoms with van der Waals surface area (Å²) in [5, 5.41) is 15.7. The molecule has 0 aliphatic carbocycles. The van der Waals surface area contributed by atoms with Gasteiger partial charge in [0.1, 0.15) is 12.0 Å². The second kappa shape index (κ2) is 6.03. The highest BCUT2D eigenvalue weighted by atomic mass is 79.9. The van der Waals surface area contributed by atoms with Crippen LogP contribution >= 0.6 is 15.9 Å². The number of phenols is 1. The largest absolute Gasteiger partial charge is 0.507 e. The zero-order valence-electron chi connectivity index (χ0n) is 11.3. The van der Waals surface area contributed by atoms with Gasteiger partial charge in [-0.25, -0.2) is 5.43 Å². The second-order valence-corrected chi connectivity index (χ2v) is 5.46. The summed E-state index contributed by atoms with van der Waals surface area (Å²) in [6, 6.07) is 12.6. The number of aromatic hydroxyl groups is 1. The summed E-state index contributed by atoms with van der Waals surface area (Å²) < 4.78 is 5.71. The molecule has 0 saturated heterocycles. The lowest BCUT2D eigenvalue weighted by Gasteiger charge is -2.04. The van der Waals surface area contributed by atoms with Crippen LogP contribution < -0.4 is 5.43 Å². The molecule has 0 spiro atoms. The Bertz CT molecular complexity index is 871. The number of amides is 1. The van der Waals surface area contributed by atoms with E-state index in [2.05, 4.69) is 26.5 Å². The molecule has 0 aliphatic heterocycles. The molecule has 1 aromatic heterocycles. The van der Waals surface area contributed by atoms with Gasteiger partial charge in [-0.2, -0.15) is 5.10 Å². The Hall–Kier alpha value is -2.60. The fourth-order valence-electron chi connectivity index (χ4n) is 2.06. The van der Waals surface area contributed by atoms with Crippen molar-refractivity contribution in [3.8, 4) is 5.75 Å². The third kappa shape index (κ3) is 2.87. The fraction of sp³-hybridized carbons (Fsp3) is 0. The monoisotopic (exact) mass is 358 g/mol. The molecule has 0 radical (unpaired) electrons. The van der Waals surface area contributed by atoms with Crippen LogP contribution in [0.5, 0.6) is 5.75 Å². The van der Waals surface area contributed by atoms with Crippen molar-refractivity contribution in [3.63, 3.8) is 0 Å². The minimum atomic E-state index is -0.471. The third-order valence-corrected chi connectivity index (χ3v) is 3.51. The third-order valence-electron chi connectivity index (χ3n) is 3.10. The van der Waals surface area contributed by atoms with E-state index in [4.69, 9.17) is 4.42 Å². The number of furan rings is 1. The summed E-state index contributed by atoms with van der Waals surface area (Å²) >= 11 is 3.20. The van der Waals surface area contributed by atoms with Crippen LogP contribution in [-0.4, -0.2) is 17.2 Å². The number of fused-ring (bicyclic) bond motifs is 1. The molecule has 2 N–H and O–H groups in total. The molecular formula is C16H11BrN2O3. The first kappa shape index (κ1) is 14.3. The minimum Gasteiger partial charge on any atom is -0.507 e. The molecule has 0 fully saturated rings. The van der Waals surface area contributed by atoms with Crippen LogP contribution in [0.2, 0.25) is 0 Å². The van der Waals surface area contributed by atoms with E-state index in [1.54, 1.807) is 12.1 Å². The van der Waals surface area contributed by atoms with E-state index in [1.165, 1.54) is 12.5 Å². The lowest BCUT2D eigenvalue weighted by atomic mass is 10.0. The topological polar surface area (TPSA) is 74.8 Å². The molecule has 0 saturated carbocycles. The zero-order chi connectivity index (χ0) is 15.5. The van der Waals surface area contributed by atoms with Crippen LogP contribution in [0.15, 0.2) is 62.7 Å². The van der Waals surface area contributed by atoms with Crippen LogP contribution in [-0.2, 0) is 0 Å². The van der Waals surface area contributed by atoms with Crippen LogP contribution in [0, 0.1) is 0 Å². The van der Waals surface area contributed by atoms with Crippen LogP contribution in [0.4, 0.5) is 0 Å². The van der Waals surface area contributed by atoms with Crippen molar-refractivity contribution < 1.29 is 14.3 Å². The molecule has 110 valence electrons. The van der Waals surface area contributed by atoms with Gasteiger partial charge in [-0.1, -0.05) is 30.3 Å². The average Bonchev–Trinajstić information content (AvgIpc) is 2.96. The Morgan fingerprint density at radius 2 is 2.09 bits per heavy atom. The van der Waals surface area contributed by atoms with Crippen LogP contribution in [0.3, 0.4) is 0 Å². The maximum atomic E-state index is 11.8. The molecule has 1 amide bonds. The van der Waals surface area contributed by atoms with Gasteiger partial charge in [-0.3, -0.25) is 4.79 Å². The van der Waals surface area contributed by atoms with E-state index in [0.29, 0.717) is 10.0 Å². The van der Waals surface area contributed by atoms with Gasteiger partial charge in [-0.05, 0) is 32.8 Å². The highest BCUT2D eigenvalue weighted by Crippen LogP contribution is 2.25. The number of rotatable bonds is 3. The number of halogens is 1. The van der Waals surface area contributed by atoms with Gasteiger partial charge in [0.05, 0.1) is 10.7 Å². The Kier molecular flexibility index (Phi) is 3.93. The summed E-state index contributed by atoms with van der Waals surface area (Å²) in [4.78, 5) is 11.8. The molecule has 6 heteroatoms. The Morgan fingerprint density at radius 1 is 1.27 bits per heavy atom. The Labute approximate surface area is 134 Å². The predicted molar refractivity (Wildman–Crippen MR) is 87.1 cm³/mol. The number of nitrogens with one attached hydrogen (secondary N) is 1. The number of phenolic OH excluding ortho intramolecular Hbond substituents is 1. The molecule has 1 heterocycles. The predicted octanol–water partition coefficient (Wildman–Crippen LogP) is 3.66. The van der Waals surface area contributed by atoms with Gasteiger partial charge in [0.2, 0.25) is 0 Å². The van der Waals surface area contributed by atoms with E-state index in [0.717, 1.165) is 10.8 Å². The molecule has 3 rings (SSSR count). The summed E-state index contributed by atoms with van der Waals surface area (Å²) in [5.74, 6) is -0.231. The Balaban J connectivity index is 1.84. The van der Waals surface area contributed by atoms with Gasteiger partial charge in [-0.15, -0.1) is 0 Å². The minimum absolute atomic E-state index is 0.0949. The first-order chi connectivity index (χ1) is 10.6. The summed E-state index contributed by atoms with van der Waals surface area (Å²) in [6.45, 7) is 0. The van der Waals surface area contributed by atoms with Gasteiger partial charge in [0.25, 0.3) is 0 Å². The van der Waals surface area contributed by atoms with Gasteiger partial charge in [0.15, 0.2) is 5.76 Å². The highest BCUT2D eigenvalue weighted by molar-refractivity contribution is 9.10. The lowest BCUT2D eigenvalue weighted by molar-refractivity contribution is 0.0927. The summed E-state index contributed by atoms with van der Waals surface area (Å²) in [5.41, 5.74) is 2.90. The number of hydrogen-bond acceptors (Lipinski definition) is 4. The first-order valence-corrected chi connectivity index (χ1v) is 7.22. The molecule has 2 aromatic carbocycles. The SMILES string of the molecule is O=C(N/N=C/c1c(O)ccc2ccccc12)c1cc(Br)co1. The van der Waals surface area contributed by atoms with Gasteiger partial charge < -0.3 is 9.52 Å². The van der Waals surface area contributed by atoms with Crippen molar-refractivity contribution in [3.05, 3.63) is 64.5 Å². The van der Waals surface area contributed by atoms with E-state index >= 15 is 0 Å². The maximum Gasteiger partial charge on any atom is 0.307 e. The van der Waals surface area contributed by atoms with E-state index in [9.17, 15) is 9.90 Å². The molecular weight excluding hydrogens is 348 g/mol. The molecule has 5 nitrogen and oxygen atoms in total. The number of carbonyl (C=O) groups is 1. The van der Waals surface area contributed by atoms with Gasteiger partial charge in [0, 0.05) is 11.6 Å². The van der Waals surface area contributed by atoms with Crippen LogP contribution in [0.1, 0.15) is 16.1 Å². The molecule has 22 heavy (non-hydrogen) atoms. The normalized spacial score (nSPS) is 11.1. The highest BCUT2D eigenvalue weighted by Gasteiger charge is 2.09. The van der Waals surface area contributed by atoms with E-state index < -0.39 is 5.91 Å². The van der Waals surface area contributed by atoms with Crippen molar-refractivity contribution in [1.82, 2.24) is 5.43 Å². The number of nitrogens with zero attached hydrogens (tertiary/aromatic N) is 1. The van der Waals surface area contributed by atoms with Crippen LogP contribution in [0.25, 0.3) is 10.8 Å². The quantitative estimate of drug-likeness (QED) is 0.554. The van der Waals surface area contributed by atoms with E-state index in [-0.39, 0.29) is 11.5 Å². The maximum absolute atomic E-state index is 11.8. The Morgan fingerprint density at radius 3 is 2.86 bits per heavy atom. The second-order valence-electron chi connectivity index (χ2n) is 4.55. The molecule has 0 atom stereocenters. The zero-order valence-corrected chi connectivity index (χ0v) is 12.9. The number of hydrogen-bond donors (Lipinski definition) is 2. The summed E-state index contributed by atoms with van der Waals surface area (Å²) in [7, 11) is 0. The average molecular weight is 359 g/mol. The van der Waals surface area contributed by atoms with Crippen molar-refractivity contribution in [1.29, 1.82) is 0 Å². The number of hydrazone groups is 1. The van der Waals surface area contributed by atoms with Crippen molar-refractivity contribution in [2.24, 2.45) is 5.10 Å².